The van der Waals surface area contributed by atoms with E-state index in [9.17, 15) is 4.79 Å². The smallest absolute Gasteiger partial charge is 0.151 e. The van der Waals surface area contributed by atoms with Crippen molar-refractivity contribution in [1.82, 2.24) is 0 Å². The molecule has 3 heteroatoms. The molecular formula is C5H8Cl2O. The zero-order chi connectivity index (χ0) is 6.57. The molecule has 8 heavy (non-hydrogen) atoms. The first-order valence-electron chi connectivity index (χ1n) is 2.45. The number of carbonyl (C=O) groups excluding carboxylic acids is 1. The van der Waals surface area contributed by atoms with E-state index in [2.05, 4.69) is 0 Å². The zero-order valence-corrected chi connectivity index (χ0v) is 6.17. The van der Waals surface area contributed by atoms with Crippen LogP contribution in [0.4, 0.5) is 0 Å². The van der Waals surface area contributed by atoms with Crippen LogP contribution in [0.25, 0.3) is 0 Å². The number of alkyl halides is 2. The normalized spacial score (nSPS) is 13.4. The van der Waals surface area contributed by atoms with Gasteiger partial charge in [-0.2, -0.15) is 0 Å². The summed E-state index contributed by atoms with van der Waals surface area (Å²) in [5.74, 6) is 0.232. The van der Waals surface area contributed by atoms with Gasteiger partial charge in [-0.15, -0.1) is 23.2 Å². The lowest BCUT2D eigenvalue weighted by molar-refractivity contribution is -0.118. The fraction of sp³-hybridized carbons (Fsp3) is 0.800. The predicted molar refractivity (Wildman–Crippen MR) is 35.7 cm³/mol. The number of hydrogen-bond acceptors (Lipinski definition) is 1. The molecule has 0 aliphatic heterocycles. The number of halogens is 2. The van der Waals surface area contributed by atoms with E-state index in [-0.39, 0.29) is 11.7 Å². The SMILES string of the molecule is CCC(=O)C(Cl)CCl. The second-order valence-corrected chi connectivity index (χ2v) is 2.28. The highest BCUT2D eigenvalue weighted by Gasteiger charge is 2.09. The predicted octanol–water partition coefficient (Wildman–Crippen LogP) is 1.81. The number of Topliss-reactive ketones (excluding diaryl/α,β-unsaturated/α-hetero) is 1. The first-order chi connectivity index (χ1) is 3.72. The van der Waals surface area contributed by atoms with Crippen molar-refractivity contribution in [2.75, 3.05) is 5.88 Å². The molecule has 0 aromatic rings. The van der Waals surface area contributed by atoms with Gasteiger partial charge in [-0.05, 0) is 0 Å². The van der Waals surface area contributed by atoms with E-state index in [1.165, 1.54) is 0 Å². The third-order valence-corrected chi connectivity index (χ3v) is 1.70. The summed E-state index contributed by atoms with van der Waals surface area (Å²) in [7, 11) is 0. The van der Waals surface area contributed by atoms with Crippen LogP contribution >= 0.6 is 23.2 Å². The fourth-order valence-electron chi connectivity index (χ4n) is 0.308. The standard InChI is InChI=1S/C5H8Cl2O/c1-2-5(8)4(7)3-6/h4H,2-3H2,1H3. The van der Waals surface area contributed by atoms with Crippen LogP contribution in [0.2, 0.25) is 0 Å². The first-order valence-corrected chi connectivity index (χ1v) is 3.42. The van der Waals surface area contributed by atoms with E-state index in [1.807, 2.05) is 0 Å². The Labute approximate surface area is 59.0 Å². The molecule has 1 unspecified atom stereocenters. The van der Waals surface area contributed by atoms with Crippen LogP contribution in [0.1, 0.15) is 13.3 Å². The van der Waals surface area contributed by atoms with E-state index in [4.69, 9.17) is 23.2 Å². The molecule has 0 saturated heterocycles. The summed E-state index contributed by atoms with van der Waals surface area (Å²) >= 11 is 10.7. The lowest BCUT2D eigenvalue weighted by Crippen LogP contribution is -2.13. The Balaban J connectivity index is 3.46. The maximum Gasteiger partial charge on any atom is 0.151 e. The van der Waals surface area contributed by atoms with Crippen LogP contribution in [-0.4, -0.2) is 17.0 Å². The number of ketones is 1. The average Bonchev–Trinajstić information content (AvgIpc) is 1.84. The van der Waals surface area contributed by atoms with Gasteiger partial charge in [0, 0.05) is 12.3 Å². The Hall–Kier alpha value is 0.250. The van der Waals surface area contributed by atoms with Gasteiger partial charge in [-0.3, -0.25) is 4.79 Å². The molecule has 1 nitrogen and oxygen atoms in total. The quantitative estimate of drug-likeness (QED) is 0.568. The van der Waals surface area contributed by atoms with Crippen molar-refractivity contribution in [1.29, 1.82) is 0 Å². The topological polar surface area (TPSA) is 17.1 Å². The minimum absolute atomic E-state index is 0.0154. The lowest BCUT2D eigenvalue weighted by Gasteiger charge is -1.98. The number of rotatable bonds is 3. The van der Waals surface area contributed by atoms with Crippen molar-refractivity contribution < 1.29 is 4.79 Å². The van der Waals surface area contributed by atoms with Gasteiger partial charge in [0.05, 0.1) is 0 Å². The average molecular weight is 155 g/mol. The van der Waals surface area contributed by atoms with E-state index < -0.39 is 5.38 Å². The first kappa shape index (κ1) is 8.25. The van der Waals surface area contributed by atoms with Crippen LogP contribution in [0.3, 0.4) is 0 Å². The molecule has 0 bridgehead atoms. The third kappa shape index (κ3) is 2.53. The minimum Gasteiger partial charge on any atom is -0.298 e. The summed E-state index contributed by atoms with van der Waals surface area (Å²) in [6.45, 7) is 1.77. The van der Waals surface area contributed by atoms with Gasteiger partial charge in [-0.25, -0.2) is 0 Å². The molecule has 0 amide bonds. The van der Waals surface area contributed by atoms with Crippen LogP contribution in [-0.2, 0) is 4.79 Å². The van der Waals surface area contributed by atoms with Crippen molar-refractivity contribution >= 4 is 29.0 Å². The minimum atomic E-state index is -0.485. The number of carbonyl (C=O) groups is 1. The maximum absolute atomic E-state index is 10.5. The summed E-state index contributed by atoms with van der Waals surface area (Å²) in [5, 5.41) is -0.485. The summed E-state index contributed by atoms with van der Waals surface area (Å²) < 4.78 is 0. The van der Waals surface area contributed by atoms with Crippen LogP contribution < -0.4 is 0 Å². The Morgan fingerprint density at radius 2 is 2.25 bits per heavy atom. The number of hydrogen-bond donors (Lipinski definition) is 0. The fourth-order valence-corrected chi connectivity index (χ4v) is 0.634. The second kappa shape index (κ2) is 4.16. The van der Waals surface area contributed by atoms with E-state index in [0.29, 0.717) is 6.42 Å². The van der Waals surface area contributed by atoms with E-state index in [1.54, 1.807) is 6.92 Å². The van der Waals surface area contributed by atoms with Gasteiger partial charge < -0.3 is 0 Å². The van der Waals surface area contributed by atoms with Gasteiger partial charge in [-0.1, -0.05) is 6.92 Å². The molecule has 0 N–H and O–H groups in total. The van der Waals surface area contributed by atoms with Gasteiger partial charge in [0.25, 0.3) is 0 Å². The molecule has 0 saturated carbocycles. The van der Waals surface area contributed by atoms with Crippen molar-refractivity contribution in [3.05, 3.63) is 0 Å². The zero-order valence-electron chi connectivity index (χ0n) is 4.66. The van der Waals surface area contributed by atoms with Crippen molar-refractivity contribution in [3.8, 4) is 0 Å². The summed E-state index contributed by atoms with van der Waals surface area (Å²) in [4.78, 5) is 10.5. The van der Waals surface area contributed by atoms with E-state index in [0.717, 1.165) is 0 Å². The molecule has 0 fully saturated rings. The molecule has 0 radical (unpaired) electrons. The Kier molecular flexibility index (Phi) is 4.29. The van der Waals surface area contributed by atoms with Crippen molar-refractivity contribution in [2.45, 2.75) is 18.7 Å². The molecule has 48 valence electrons. The third-order valence-electron chi connectivity index (χ3n) is 0.833. The highest BCUT2D eigenvalue weighted by Crippen LogP contribution is 2.01. The lowest BCUT2D eigenvalue weighted by atomic mass is 10.2. The second-order valence-electron chi connectivity index (χ2n) is 1.44. The Morgan fingerprint density at radius 3 is 2.38 bits per heavy atom. The monoisotopic (exact) mass is 154 g/mol. The molecule has 0 heterocycles. The molecule has 0 rings (SSSR count). The molecule has 0 aliphatic carbocycles. The van der Waals surface area contributed by atoms with Crippen molar-refractivity contribution in [3.63, 3.8) is 0 Å². The molecule has 0 spiro atoms. The molecule has 0 aromatic heterocycles. The van der Waals surface area contributed by atoms with Crippen LogP contribution in [0.15, 0.2) is 0 Å². The molecule has 0 aromatic carbocycles. The van der Waals surface area contributed by atoms with Gasteiger partial charge in [0.1, 0.15) is 5.38 Å². The summed E-state index contributed by atoms with van der Waals surface area (Å²) in [5.41, 5.74) is 0. The summed E-state index contributed by atoms with van der Waals surface area (Å²) in [6.07, 6.45) is 0.473. The van der Waals surface area contributed by atoms with Gasteiger partial charge >= 0.3 is 0 Å². The molecule has 0 aliphatic rings. The Bertz CT molecular complexity index is 82.5. The van der Waals surface area contributed by atoms with Gasteiger partial charge in [0.15, 0.2) is 5.78 Å². The van der Waals surface area contributed by atoms with Crippen LogP contribution in [0, 0.1) is 0 Å². The maximum atomic E-state index is 10.5. The Morgan fingerprint density at radius 1 is 1.75 bits per heavy atom. The molecular weight excluding hydrogens is 147 g/mol. The van der Waals surface area contributed by atoms with E-state index >= 15 is 0 Å². The highest BCUT2D eigenvalue weighted by molar-refractivity contribution is 6.36. The highest BCUT2D eigenvalue weighted by atomic mass is 35.5. The summed E-state index contributed by atoms with van der Waals surface area (Å²) in [6, 6.07) is 0. The van der Waals surface area contributed by atoms with Crippen LogP contribution in [0.5, 0.6) is 0 Å². The van der Waals surface area contributed by atoms with Crippen molar-refractivity contribution in [2.24, 2.45) is 0 Å². The molecule has 1 atom stereocenters. The largest absolute Gasteiger partial charge is 0.298 e. The van der Waals surface area contributed by atoms with Gasteiger partial charge in [0.2, 0.25) is 0 Å².